The molecule has 0 aliphatic carbocycles. The summed E-state index contributed by atoms with van der Waals surface area (Å²) in [6.45, 7) is 5.37. The molecule has 0 atom stereocenters. The van der Waals surface area contributed by atoms with Gasteiger partial charge in [0.05, 0.1) is 0 Å². The van der Waals surface area contributed by atoms with Gasteiger partial charge in [-0.05, 0) is 32.0 Å². The van der Waals surface area contributed by atoms with E-state index in [1.807, 2.05) is 0 Å². The molecule has 5 nitrogen and oxygen atoms in total. The molecule has 0 saturated carbocycles. The molecular formula is C14H21N3O2. The fourth-order valence-corrected chi connectivity index (χ4v) is 1.54. The first kappa shape index (κ1) is 15.2. The molecule has 19 heavy (non-hydrogen) atoms. The van der Waals surface area contributed by atoms with Gasteiger partial charge in [-0.25, -0.2) is 0 Å². The van der Waals surface area contributed by atoms with E-state index in [4.69, 9.17) is 5.73 Å². The lowest BCUT2D eigenvalue weighted by atomic mass is 10.0. The third-order valence-corrected chi connectivity index (χ3v) is 2.37. The van der Waals surface area contributed by atoms with Crippen molar-refractivity contribution in [1.82, 2.24) is 0 Å². The molecule has 1 aromatic rings. The molecule has 0 spiro atoms. The van der Waals surface area contributed by atoms with Gasteiger partial charge in [0, 0.05) is 29.8 Å². The van der Waals surface area contributed by atoms with Gasteiger partial charge in [-0.15, -0.1) is 0 Å². The lowest BCUT2D eigenvalue weighted by Gasteiger charge is -2.17. The molecule has 104 valence electrons. The molecule has 0 aliphatic heterocycles. The molecule has 0 saturated heterocycles. The van der Waals surface area contributed by atoms with Crippen LogP contribution in [0, 0.1) is 0 Å². The summed E-state index contributed by atoms with van der Waals surface area (Å²) in [4.78, 5) is 23.0. The zero-order valence-corrected chi connectivity index (χ0v) is 11.6. The van der Waals surface area contributed by atoms with E-state index in [0.717, 1.165) is 0 Å². The monoisotopic (exact) mass is 263 g/mol. The van der Waals surface area contributed by atoms with Crippen molar-refractivity contribution in [2.24, 2.45) is 5.73 Å². The third kappa shape index (κ3) is 6.01. The molecule has 1 aromatic carbocycles. The van der Waals surface area contributed by atoms with Crippen LogP contribution in [0.25, 0.3) is 0 Å². The summed E-state index contributed by atoms with van der Waals surface area (Å²) in [7, 11) is 0. The van der Waals surface area contributed by atoms with Crippen LogP contribution in [-0.4, -0.2) is 17.4 Å². The van der Waals surface area contributed by atoms with Crippen molar-refractivity contribution in [3.63, 3.8) is 0 Å². The van der Waals surface area contributed by atoms with E-state index >= 15 is 0 Å². The van der Waals surface area contributed by atoms with Crippen molar-refractivity contribution in [2.45, 2.75) is 39.2 Å². The highest BCUT2D eigenvalue weighted by Crippen LogP contribution is 2.16. The van der Waals surface area contributed by atoms with Crippen LogP contribution >= 0.6 is 0 Å². The number of hydrogen-bond acceptors (Lipinski definition) is 3. The summed E-state index contributed by atoms with van der Waals surface area (Å²) in [5, 5.41) is 5.50. The summed E-state index contributed by atoms with van der Waals surface area (Å²) in [6, 6.07) is 7.03. The lowest BCUT2D eigenvalue weighted by molar-refractivity contribution is -0.117. The average Bonchev–Trinajstić information content (AvgIpc) is 2.26. The van der Waals surface area contributed by atoms with Crippen LogP contribution in [0.1, 0.15) is 33.6 Å². The number of hydrogen-bond donors (Lipinski definition) is 3. The SMILES string of the molecule is CCC(=O)Nc1cccc(NC(=O)CC(C)(C)N)c1. The van der Waals surface area contributed by atoms with Crippen LogP contribution in [0.4, 0.5) is 11.4 Å². The first-order valence-electron chi connectivity index (χ1n) is 6.29. The number of nitrogens with one attached hydrogen (secondary N) is 2. The first-order valence-corrected chi connectivity index (χ1v) is 6.29. The Balaban J connectivity index is 2.67. The maximum Gasteiger partial charge on any atom is 0.226 e. The number of nitrogens with two attached hydrogens (primary N) is 1. The molecule has 4 N–H and O–H groups in total. The number of carbonyl (C=O) groups is 2. The summed E-state index contributed by atoms with van der Waals surface area (Å²) in [5.41, 5.74) is 6.55. The fraction of sp³-hybridized carbons (Fsp3) is 0.429. The van der Waals surface area contributed by atoms with Crippen molar-refractivity contribution in [1.29, 1.82) is 0 Å². The maximum atomic E-state index is 11.7. The maximum absolute atomic E-state index is 11.7. The van der Waals surface area contributed by atoms with Gasteiger partial charge in [0.1, 0.15) is 0 Å². The van der Waals surface area contributed by atoms with Crippen LogP contribution < -0.4 is 16.4 Å². The van der Waals surface area contributed by atoms with E-state index in [1.165, 1.54) is 0 Å². The second-order valence-corrected chi connectivity index (χ2v) is 5.20. The topological polar surface area (TPSA) is 84.2 Å². The second kappa shape index (κ2) is 6.33. The molecular weight excluding hydrogens is 242 g/mol. The van der Waals surface area contributed by atoms with Crippen molar-refractivity contribution >= 4 is 23.2 Å². The minimum absolute atomic E-state index is 0.0634. The number of amides is 2. The Morgan fingerprint density at radius 2 is 1.68 bits per heavy atom. The Bertz CT molecular complexity index is 464. The van der Waals surface area contributed by atoms with Gasteiger partial charge in [-0.1, -0.05) is 13.0 Å². The van der Waals surface area contributed by atoms with Gasteiger partial charge in [0.25, 0.3) is 0 Å². The number of anilines is 2. The average molecular weight is 263 g/mol. The highest BCUT2D eigenvalue weighted by Gasteiger charge is 2.16. The van der Waals surface area contributed by atoms with Gasteiger partial charge in [0.2, 0.25) is 11.8 Å². The lowest BCUT2D eigenvalue weighted by Crippen LogP contribution is -2.36. The Morgan fingerprint density at radius 3 is 2.16 bits per heavy atom. The normalized spacial score (nSPS) is 10.9. The molecule has 0 unspecified atom stereocenters. The molecule has 0 aromatic heterocycles. The van der Waals surface area contributed by atoms with Gasteiger partial charge < -0.3 is 16.4 Å². The Labute approximate surface area is 113 Å². The van der Waals surface area contributed by atoms with E-state index in [9.17, 15) is 9.59 Å². The molecule has 2 amide bonds. The second-order valence-electron chi connectivity index (χ2n) is 5.20. The molecule has 0 radical (unpaired) electrons. The standard InChI is InChI=1S/C14H21N3O2/c1-4-12(18)16-10-6-5-7-11(8-10)17-13(19)9-14(2,3)15/h5-8H,4,9,15H2,1-3H3,(H,16,18)(H,17,19). The molecule has 5 heteroatoms. The third-order valence-electron chi connectivity index (χ3n) is 2.37. The summed E-state index contributed by atoms with van der Waals surface area (Å²) in [6.07, 6.45) is 0.649. The van der Waals surface area contributed by atoms with Gasteiger partial charge >= 0.3 is 0 Å². The van der Waals surface area contributed by atoms with E-state index < -0.39 is 5.54 Å². The highest BCUT2D eigenvalue weighted by molar-refractivity contribution is 5.94. The minimum atomic E-state index is -0.544. The molecule has 0 aliphatic rings. The molecule has 0 heterocycles. The van der Waals surface area contributed by atoms with Crippen molar-refractivity contribution in [3.05, 3.63) is 24.3 Å². The van der Waals surface area contributed by atoms with Crippen LogP contribution in [0.3, 0.4) is 0 Å². The predicted octanol–water partition coefficient (Wildman–Crippen LogP) is 2.10. The van der Waals surface area contributed by atoms with Crippen LogP contribution in [0.15, 0.2) is 24.3 Å². The number of rotatable bonds is 5. The van der Waals surface area contributed by atoms with Crippen molar-refractivity contribution in [3.8, 4) is 0 Å². The van der Waals surface area contributed by atoms with E-state index in [2.05, 4.69) is 10.6 Å². The van der Waals surface area contributed by atoms with Crippen LogP contribution in [-0.2, 0) is 9.59 Å². The molecule has 0 fully saturated rings. The summed E-state index contributed by atoms with van der Waals surface area (Å²) < 4.78 is 0. The Hall–Kier alpha value is -1.88. The largest absolute Gasteiger partial charge is 0.326 e. The Kier molecular flexibility index (Phi) is 5.06. The van der Waals surface area contributed by atoms with Crippen LogP contribution in [0.2, 0.25) is 0 Å². The smallest absolute Gasteiger partial charge is 0.226 e. The van der Waals surface area contributed by atoms with Crippen molar-refractivity contribution in [2.75, 3.05) is 10.6 Å². The Morgan fingerprint density at radius 1 is 1.16 bits per heavy atom. The first-order chi connectivity index (χ1) is 8.80. The predicted molar refractivity (Wildman–Crippen MR) is 76.9 cm³/mol. The quantitative estimate of drug-likeness (QED) is 0.760. The summed E-state index contributed by atoms with van der Waals surface area (Å²) >= 11 is 0. The van der Waals surface area contributed by atoms with Gasteiger partial charge in [0.15, 0.2) is 0 Å². The number of benzene rings is 1. The number of carbonyl (C=O) groups excluding carboxylic acids is 2. The fourth-order valence-electron chi connectivity index (χ4n) is 1.54. The van der Waals surface area contributed by atoms with Gasteiger partial charge in [-0.3, -0.25) is 9.59 Å². The minimum Gasteiger partial charge on any atom is -0.326 e. The molecule has 1 rings (SSSR count). The van der Waals surface area contributed by atoms with Crippen LogP contribution in [0.5, 0.6) is 0 Å². The van der Waals surface area contributed by atoms with E-state index in [-0.39, 0.29) is 18.2 Å². The highest BCUT2D eigenvalue weighted by atomic mass is 16.2. The zero-order valence-electron chi connectivity index (χ0n) is 11.6. The van der Waals surface area contributed by atoms with E-state index in [0.29, 0.717) is 17.8 Å². The molecule has 0 bridgehead atoms. The van der Waals surface area contributed by atoms with E-state index in [1.54, 1.807) is 45.0 Å². The summed E-state index contributed by atoms with van der Waals surface area (Å²) in [5.74, 6) is -0.210. The van der Waals surface area contributed by atoms with Crippen molar-refractivity contribution < 1.29 is 9.59 Å². The zero-order chi connectivity index (χ0) is 14.5. The van der Waals surface area contributed by atoms with Gasteiger partial charge in [-0.2, -0.15) is 0 Å².